The van der Waals surface area contributed by atoms with Gasteiger partial charge in [0.1, 0.15) is 0 Å². The van der Waals surface area contributed by atoms with Crippen LogP contribution >= 0.6 is 11.3 Å². The Hall–Kier alpha value is -0.700. The topological polar surface area (TPSA) is 17.1 Å². The van der Waals surface area contributed by atoms with Crippen LogP contribution in [0.15, 0.2) is 12.1 Å². The van der Waals surface area contributed by atoms with Crippen molar-refractivity contribution in [3.63, 3.8) is 0 Å². The fraction of sp³-hybridized carbons (Fsp3) is 0.500. The van der Waals surface area contributed by atoms with Gasteiger partial charge >= 0.3 is 6.04 Å². The van der Waals surface area contributed by atoms with Crippen LogP contribution in [0.4, 0.5) is 4.39 Å². The van der Waals surface area contributed by atoms with Gasteiger partial charge in [0.25, 0.3) is 0 Å². The van der Waals surface area contributed by atoms with Crippen LogP contribution < -0.4 is 0 Å². The molecule has 0 aliphatic rings. The molecule has 13 heavy (non-hydrogen) atoms. The van der Waals surface area contributed by atoms with Gasteiger partial charge in [-0.2, -0.15) is 4.39 Å². The summed E-state index contributed by atoms with van der Waals surface area (Å²) in [6, 6.07) is 2.95. The van der Waals surface area contributed by atoms with Crippen molar-refractivity contribution in [3.8, 4) is 0 Å². The number of aryl methyl sites for hydroxylation is 2. The van der Waals surface area contributed by atoms with Crippen molar-refractivity contribution in [2.45, 2.75) is 32.6 Å². The third kappa shape index (κ3) is 3.68. The minimum atomic E-state index is -1.20. The SMILES string of the molecule is CCc1ccc(CCCC(=O)F)s1. The van der Waals surface area contributed by atoms with Gasteiger partial charge in [0.15, 0.2) is 0 Å². The number of carbonyl (C=O) groups excluding carboxylic acids is 1. The number of thiophene rings is 1. The van der Waals surface area contributed by atoms with E-state index >= 15 is 0 Å². The highest BCUT2D eigenvalue weighted by atomic mass is 32.1. The molecule has 0 aromatic carbocycles. The molecule has 0 amide bonds. The van der Waals surface area contributed by atoms with Crippen molar-refractivity contribution in [2.24, 2.45) is 0 Å². The quantitative estimate of drug-likeness (QED) is 0.667. The van der Waals surface area contributed by atoms with E-state index in [4.69, 9.17) is 0 Å². The molecule has 1 aromatic rings. The Labute approximate surface area is 81.6 Å². The second-order valence-corrected chi connectivity index (χ2v) is 4.18. The van der Waals surface area contributed by atoms with Crippen molar-refractivity contribution in [3.05, 3.63) is 21.9 Å². The van der Waals surface area contributed by atoms with Gasteiger partial charge in [-0.05, 0) is 31.4 Å². The van der Waals surface area contributed by atoms with E-state index in [0.717, 1.165) is 12.8 Å². The summed E-state index contributed by atoms with van der Waals surface area (Å²) >= 11 is 1.75. The van der Waals surface area contributed by atoms with Crippen LogP contribution in [0, 0.1) is 0 Å². The molecule has 0 spiro atoms. The predicted octanol–water partition coefficient (Wildman–Crippen LogP) is 3.13. The predicted molar refractivity (Wildman–Crippen MR) is 52.8 cm³/mol. The highest BCUT2D eigenvalue weighted by Gasteiger charge is 2.01. The van der Waals surface area contributed by atoms with Crippen molar-refractivity contribution in [1.82, 2.24) is 0 Å². The first-order valence-electron chi connectivity index (χ1n) is 4.48. The van der Waals surface area contributed by atoms with Crippen molar-refractivity contribution < 1.29 is 9.18 Å². The van der Waals surface area contributed by atoms with E-state index in [0.29, 0.717) is 6.42 Å². The third-order valence-corrected chi connectivity index (χ3v) is 3.15. The Balaban J connectivity index is 2.32. The van der Waals surface area contributed by atoms with Crippen LogP contribution in [0.5, 0.6) is 0 Å². The molecule has 0 bridgehead atoms. The smallest absolute Gasteiger partial charge is 0.261 e. The van der Waals surface area contributed by atoms with Crippen LogP contribution in [-0.4, -0.2) is 6.04 Å². The highest BCUT2D eigenvalue weighted by molar-refractivity contribution is 7.11. The molecular formula is C10H13FOS. The molecule has 0 saturated carbocycles. The molecule has 72 valence electrons. The van der Waals surface area contributed by atoms with Gasteiger partial charge in [0.2, 0.25) is 0 Å². The summed E-state index contributed by atoms with van der Waals surface area (Å²) in [4.78, 5) is 12.6. The van der Waals surface area contributed by atoms with E-state index in [1.165, 1.54) is 9.75 Å². The van der Waals surface area contributed by atoms with Crippen molar-refractivity contribution in [1.29, 1.82) is 0 Å². The lowest BCUT2D eigenvalue weighted by Crippen LogP contribution is -1.88. The molecular weight excluding hydrogens is 187 g/mol. The van der Waals surface area contributed by atoms with Gasteiger partial charge in [-0.25, -0.2) is 0 Å². The summed E-state index contributed by atoms with van der Waals surface area (Å²) in [5.74, 6) is 0. The van der Waals surface area contributed by atoms with E-state index in [9.17, 15) is 9.18 Å². The number of hydrogen-bond acceptors (Lipinski definition) is 2. The Morgan fingerprint density at radius 1 is 1.46 bits per heavy atom. The molecule has 1 nitrogen and oxygen atoms in total. The van der Waals surface area contributed by atoms with E-state index in [1.54, 1.807) is 11.3 Å². The van der Waals surface area contributed by atoms with Crippen LogP contribution in [0.2, 0.25) is 0 Å². The molecule has 0 radical (unpaired) electrons. The van der Waals surface area contributed by atoms with Gasteiger partial charge in [-0.3, -0.25) is 4.79 Å². The largest absolute Gasteiger partial charge is 0.301 e. The average molecular weight is 200 g/mol. The fourth-order valence-corrected chi connectivity index (χ4v) is 2.15. The second kappa shape index (κ2) is 5.12. The zero-order chi connectivity index (χ0) is 9.68. The maximum atomic E-state index is 11.8. The van der Waals surface area contributed by atoms with Crippen molar-refractivity contribution in [2.75, 3.05) is 0 Å². The summed E-state index contributed by atoms with van der Waals surface area (Å²) in [7, 11) is 0. The lowest BCUT2D eigenvalue weighted by molar-refractivity contribution is -0.129. The number of rotatable bonds is 5. The zero-order valence-electron chi connectivity index (χ0n) is 7.68. The Morgan fingerprint density at radius 3 is 2.69 bits per heavy atom. The highest BCUT2D eigenvalue weighted by Crippen LogP contribution is 2.18. The van der Waals surface area contributed by atoms with Crippen LogP contribution in [0.25, 0.3) is 0 Å². The van der Waals surface area contributed by atoms with Crippen LogP contribution in [0.1, 0.15) is 29.5 Å². The molecule has 1 aromatic heterocycles. The van der Waals surface area contributed by atoms with Gasteiger partial charge in [0.05, 0.1) is 0 Å². The van der Waals surface area contributed by atoms with E-state index in [1.807, 2.05) is 0 Å². The van der Waals surface area contributed by atoms with Gasteiger partial charge < -0.3 is 0 Å². The molecule has 0 N–H and O–H groups in total. The first-order chi connectivity index (χ1) is 6.22. The van der Waals surface area contributed by atoms with Gasteiger partial charge in [0, 0.05) is 16.2 Å². The molecule has 0 fully saturated rings. The summed E-state index contributed by atoms with van der Waals surface area (Å²) in [5.41, 5.74) is 0. The molecule has 0 aliphatic carbocycles. The monoisotopic (exact) mass is 200 g/mol. The number of carbonyl (C=O) groups is 1. The Morgan fingerprint density at radius 2 is 2.15 bits per heavy atom. The Kier molecular flexibility index (Phi) is 4.09. The van der Waals surface area contributed by atoms with E-state index in [-0.39, 0.29) is 6.42 Å². The molecule has 1 heterocycles. The normalized spacial score (nSPS) is 10.3. The number of hydrogen-bond donors (Lipinski definition) is 0. The van der Waals surface area contributed by atoms with Crippen LogP contribution in [-0.2, 0) is 17.6 Å². The minimum absolute atomic E-state index is 0.0549. The van der Waals surface area contributed by atoms with Crippen LogP contribution in [0.3, 0.4) is 0 Å². The van der Waals surface area contributed by atoms with Crippen molar-refractivity contribution >= 4 is 17.4 Å². The first-order valence-corrected chi connectivity index (χ1v) is 5.30. The standard InChI is InChI=1S/C10H13FOS/c1-2-8-6-7-9(13-8)4-3-5-10(11)12/h6-7H,2-5H2,1H3. The summed E-state index contributed by atoms with van der Waals surface area (Å²) in [6.45, 7) is 2.11. The second-order valence-electron chi connectivity index (χ2n) is 2.93. The summed E-state index contributed by atoms with van der Waals surface area (Å²) in [6.07, 6.45) is 2.55. The molecule has 3 heteroatoms. The molecule has 0 unspecified atom stereocenters. The Bertz CT molecular complexity index is 280. The molecule has 0 aliphatic heterocycles. The molecule has 1 rings (SSSR count). The maximum Gasteiger partial charge on any atom is 0.301 e. The maximum absolute atomic E-state index is 11.8. The number of halogens is 1. The molecule has 0 atom stereocenters. The lowest BCUT2D eigenvalue weighted by Gasteiger charge is -1.92. The first kappa shape index (κ1) is 10.4. The van der Waals surface area contributed by atoms with E-state index in [2.05, 4.69) is 19.1 Å². The summed E-state index contributed by atoms with van der Waals surface area (Å²) < 4.78 is 11.8. The van der Waals surface area contributed by atoms with E-state index < -0.39 is 6.04 Å². The fourth-order valence-electron chi connectivity index (χ4n) is 1.15. The average Bonchev–Trinajstić information content (AvgIpc) is 2.52. The lowest BCUT2D eigenvalue weighted by atomic mass is 10.2. The summed E-state index contributed by atoms with van der Waals surface area (Å²) in [5, 5.41) is 0. The minimum Gasteiger partial charge on any atom is -0.261 e. The van der Waals surface area contributed by atoms with Gasteiger partial charge in [-0.1, -0.05) is 6.92 Å². The van der Waals surface area contributed by atoms with Gasteiger partial charge in [-0.15, -0.1) is 11.3 Å². The zero-order valence-corrected chi connectivity index (χ0v) is 8.49. The molecule has 0 saturated heterocycles. The third-order valence-electron chi connectivity index (χ3n) is 1.86.